The molecule has 154 valence electrons. The second-order valence-electron chi connectivity index (χ2n) is 8.25. The summed E-state index contributed by atoms with van der Waals surface area (Å²) in [5.74, 6) is 0. The average molecular weight is 394 g/mol. The Morgan fingerprint density at radius 3 is 2.59 bits per heavy atom. The molecule has 6 heteroatoms. The number of aromatic nitrogens is 3. The number of ether oxygens (including phenoxy) is 1. The van der Waals surface area contributed by atoms with Crippen molar-refractivity contribution < 1.29 is 4.74 Å². The lowest BCUT2D eigenvalue weighted by Crippen LogP contribution is -2.45. The predicted octanol–water partition coefficient (Wildman–Crippen LogP) is 3.18. The minimum atomic E-state index is 0.294. The largest absolute Gasteiger partial charge is 0.373 e. The Hall–Kier alpha value is -2.28. The molecule has 1 N–H and O–H groups in total. The Balaban J connectivity index is 1.39. The first-order chi connectivity index (χ1) is 14.0. The van der Waals surface area contributed by atoms with Crippen LogP contribution in [0.4, 0.5) is 0 Å². The van der Waals surface area contributed by atoms with Crippen LogP contribution in [-0.4, -0.2) is 45.0 Å². The third-order valence-corrected chi connectivity index (χ3v) is 5.57. The number of hydrogen-bond acceptors (Lipinski definition) is 5. The molecule has 1 aliphatic heterocycles. The van der Waals surface area contributed by atoms with Gasteiger partial charge in [-0.15, -0.1) is 0 Å². The molecular weight excluding hydrogens is 362 g/mol. The van der Waals surface area contributed by atoms with E-state index in [9.17, 15) is 0 Å². The van der Waals surface area contributed by atoms with Gasteiger partial charge in [0.05, 0.1) is 17.9 Å². The number of benzene rings is 1. The second-order valence-corrected chi connectivity index (χ2v) is 8.25. The fourth-order valence-electron chi connectivity index (χ4n) is 4.33. The van der Waals surface area contributed by atoms with Crippen molar-refractivity contribution in [2.24, 2.45) is 7.05 Å². The standard InChI is InChI=1S/C23H31N5O/c1-16-13-28(14-17(2)29-16)15-21-8-6-5-7-20(21)12-24-10-19-9-22-18(3)26-27(4)23(22)25-11-19/h5-9,11,16-17,24H,10,12-15H2,1-4H3/t16-,17-/m1/s1. The molecule has 0 saturated carbocycles. The van der Waals surface area contributed by atoms with E-state index < -0.39 is 0 Å². The lowest BCUT2D eigenvalue weighted by molar-refractivity contribution is -0.0705. The number of pyridine rings is 1. The van der Waals surface area contributed by atoms with Gasteiger partial charge in [0.15, 0.2) is 5.65 Å². The van der Waals surface area contributed by atoms with Crippen LogP contribution in [0.3, 0.4) is 0 Å². The topological polar surface area (TPSA) is 55.2 Å². The molecule has 3 heterocycles. The molecule has 0 bridgehead atoms. The number of hydrogen-bond donors (Lipinski definition) is 1. The van der Waals surface area contributed by atoms with Gasteiger partial charge in [-0.05, 0) is 43.5 Å². The normalized spacial score (nSPS) is 20.4. The van der Waals surface area contributed by atoms with Gasteiger partial charge in [-0.1, -0.05) is 24.3 Å². The van der Waals surface area contributed by atoms with Gasteiger partial charge in [0.2, 0.25) is 0 Å². The van der Waals surface area contributed by atoms with E-state index in [4.69, 9.17) is 4.74 Å². The highest BCUT2D eigenvalue weighted by atomic mass is 16.5. The lowest BCUT2D eigenvalue weighted by Gasteiger charge is -2.35. The molecule has 0 unspecified atom stereocenters. The van der Waals surface area contributed by atoms with Crippen molar-refractivity contribution in [3.05, 3.63) is 58.9 Å². The van der Waals surface area contributed by atoms with Crippen molar-refractivity contribution in [3.63, 3.8) is 0 Å². The van der Waals surface area contributed by atoms with Crippen LogP contribution in [0.5, 0.6) is 0 Å². The minimum absolute atomic E-state index is 0.294. The summed E-state index contributed by atoms with van der Waals surface area (Å²) in [4.78, 5) is 7.08. The molecule has 1 fully saturated rings. The van der Waals surface area contributed by atoms with E-state index in [0.29, 0.717) is 12.2 Å². The molecule has 1 saturated heterocycles. The predicted molar refractivity (Wildman–Crippen MR) is 116 cm³/mol. The van der Waals surface area contributed by atoms with Crippen LogP contribution >= 0.6 is 0 Å². The van der Waals surface area contributed by atoms with Gasteiger partial charge in [-0.2, -0.15) is 5.10 Å². The van der Waals surface area contributed by atoms with Crippen LogP contribution < -0.4 is 5.32 Å². The van der Waals surface area contributed by atoms with E-state index in [0.717, 1.165) is 49.5 Å². The molecule has 29 heavy (non-hydrogen) atoms. The summed E-state index contributed by atoms with van der Waals surface area (Å²) in [6.07, 6.45) is 2.53. The number of nitrogens with zero attached hydrogens (tertiary/aromatic N) is 4. The Morgan fingerprint density at radius 2 is 1.83 bits per heavy atom. The molecule has 2 aromatic heterocycles. The quantitative estimate of drug-likeness (QED) is 0.697. The van der Waals surface area contributed by atoms with Crippen LogP contribution in [0.1, 0.15) is 36.2 Å². The average Bonchev–Trinajstić information content (AvgIpc) is 2.96. The molecule has 1 aromatic carbocycles. The Kier molecular flexibility index (Phi) is 5.94. The van der Waals surface area contributed by atoms with Crippen molar-refractivity contribution in [2.75, 3.05) is 13.1 Å². The van der Waals surface area contributed by atoms with Gasteiger partial charge < -0.3 is 10.1 Å². The maximum atomic E-state index is 5.87. The number of fused-ring (bicyclic) bond motifs is 1. The van der Waals surface area contributed by atoms with E-state index >= 15 is 0 Å². The first-order valence-corrected chi connectivity index (χ1v) is 10.4. The molecule has 4 rings (SSSR count). The number of rotatable bonds is 6. The highest BCUT2D eigenvalue weighted by Gasteiger charge is 2.22. The zero-order chi connectivity index (χ0) is 20.4. The molecule has 0 radical (unpaired) electrons. The van der Waals surface area contributed by atoms with Crippen LogP contribution in [-0.2, 0) is 31.4 Å². The van der Waals surface area contributed by atoms with Gasteiger partial charge >= 0.3 is 0 Å². The van der Waals surface area contributed by atoms with Gasteiger partial charge in [0, 0.05) is 51.4 Å². The van der Waals surface area contributed by atoms with E-state index in [-0.39, 0.29) is 0 Å². The van der Waals surface area contributed by atoms with Crippen molar-refractivity contribution >= 4 is 11.0 Å². The number of aryl methyl sites for hydroxylation is 2. The van der Waals surface area contributed by atoms with Crippen LogP contribution in [0.15, 0.2) is 36.5 Å². The molecule has 0 amide bonds. The highest BCUT2D eigenvalue weighted by Crippen LogP contribution is 2.18. The lowest BCUT2D eigenvalue weighted by atomic mass is 10.1. The van der Waals surface area contributed by atoms with E-state index in [1.165, 1.54) is 16.7 Å². The zero-order valence-electron chi connectivity index (χ0n) is 17.9. The number of nitrogens with one attached hydrogen (secondary N) is 1. The summed E-state index contributed by atoms with van der Waals surface area (Å²) < 4.78 is 7.71. The SMILES string of the molecule is Cc1nn(C)c2ncc(CNCc3ccccc3CN3C[C@@H](C)O[C@H](C)C3)cc12. The first kappa shape index (κ1) is 20.0. The molecular formula is C23H31N5O. The minimum Gasteiger partial charge on any atom is -0.373 e. The summed E-state index contributed by atoms with van der Waals surface area (Å²) in [5, 5.41) is 9.18. The fraction of sp³-hybridized carbons (Fsp3) is 0.478. The van der Waals surface area contributed by atoms with Crippen molar-refractivity contribution in [1.29, 1.82) is 0 Å². The summed E-state index contributed by atoms with van der Waals surface area (Å²) in [7, 11) is 1.94. The summed E-state index contributed by atoms with van der Waals surface area (Å²) in [6.45, 7) is 10.9. The van der Waals surface area contributed by atoms with E-state index in [2.05, 4.69) is 64.5 Å². The molecule has 2 atom stereocenters. The Bertz CT molecular complexity index is 973. The molecule has 6 nitrogen and oxygen atoms in total. The van der Waals surface area contributed by atoms with Crippen LogP contribution in [0.25, 0.3) is 11.0 Å². The number of morpholine rings is 1. The van der Waals surface area contributed by atoms with Gasteiger partial charge in [0.1, 0.15) is 0 Å². The Labute approximate surface area is 172 Å². The summed E-state index contributed by atoms with van der Waals surface area (Å²) >= 11 is 0. The molecule has 1 aliphatic rings. The molecule has 3 aromatic rings. The Morgan fingerprint density at radius 1 is 1.10 bits per heavy atom. The maximum absolute atomic E-state index is 5.87. The van der Waals surface area contributed by atoms with Gasteiger partial charge in [-0.3, -0.25) is 9.58 Å². The van der Waals surface area contributed by atoms with Crippen LogP contribution in [0, 0.1) is 6.92 Å². The summed E-state index contributed by atoms with van der Waals surface area (Å²) in [6, 6.07) is 10.9. The third-order valence-electron chi connectivity index (χ3n) is 5.57. The van der Waals surface area contributed by atoms with E-state index in [1.807, 2.05) is 24.9 Å². The summed E-state index contributed by atoms with van der Waals surface area (Å²) in [5.41, 5.74) is 5.88. The van der Waals surface area contributed by atoms with Crippen molar-refractivity contribution in [3.8, 4) is 0 Å². The first-order valence-electron chi connectivity index (χ1n) is 10.4. The molecule has 0 spiro atoms. The van der Waals surface area contributed by atoms with Crippen molar-refractivity contribution in [2.45, 2.75) is 52.6 Å². The highest BCUT2D eigenvalue weighted by molar-refractivity contribution is 5.78. The van der Waals surface area contributed by atoms with E-state index in [1.54, 1.807) is 0 Å². The monoisotopic (exact) mass is 393 g/mol. The fourth-order valence-corrected chi connectivity index (χ4v) is 4.33. The van der Waals surface area contributed by atoms with Gasteiger partial charge in [-0.25, -0.2) is 4.98 Å². The molecule has 0 aliphatic carbocycles. The van der Waals surface area contributed by atoms with Crippen molar-refractivity contribution in [1.82, 2.24) is 25.0 Å². The smallest absolute Gasteiger partial charge is 0.157 e. The van der Waals surface area contributed by atoms with Crippen LogP contribution in [0.2, 0.25) is 0 Å². The van der Waals surface area contributed by atoms with Gasteiger partial charge in [0.25, 0.3) is 0 Å². The zero-order valence-corrected chi connectivity index (χ0v) is 17.9. The third kappa shape index (κ3) is 4.66. The maximum Gasteiger partial charge on any atom is 0.157 e. The second kappa shape index (κ2) is 8.61.